The van der Waals surface area contributed by atoms with Crippen LogP contribution in [0, 0.1) is 12.7 Å². The molecule has 0 spiro atoms. The highest BCUT2D eigenvalue weighted by Gasteiger charge is 2.19. The van der Waals surface area contributed by atoms with Gasteiger partial charge in [0.05, 0.1) is 0 Å². The molecule has 1 heterocycles. The molecule has 0 fully saturated rings. The van der Waals surface area contributed by atoms with E-state index in [9.17, 15) is 9.18 Å². The van der Waals surface area contributed by atoms with Gasteiger partial charge < -0.3 is 5.32 Å². The highest BCUT2D eigenvalue weighted by atomic mass is 32.1. The van der Waals surface area contributed by atoms with Crippen molar-refractivity contribution in [1.29, 1.82) is 0 Å². The molecule has 1 aromatic heterocycles. The Bertz CT molecular complexity index is 874. The normalized spacial score (nSPS) is 10.6. The molecule has 0 saturated carbocycles. The number of hydrogen-bond acceptors (Lipinski definition) is 4. The second-order valence-corrected chi connectivity index (χ2v) is 6.13. The molecule has 0 aliphatic rings. The Morgan fingerprint density at radius 2 is 1.96 bits per heavy atom. The molecule has 0 bridgehead atoms. The number of halogens is 1. The zero-order valence-corrected chi connectivity index (χ0v) is 14.2. The minimum atomic E-state index is -0.333. The number of benzene rings is 2. The Balaban J connectivity index is 1.93. The maximum atomic E-state index is 13.1. The van der Waals surface area contributed by atoms with Crippen LogP contribution in [-0.2, 0) is 6.42 Å². The number of aromatic nitrogens is 2. The molecule has 0 saturated heterocycles. The van der Waals surface area contributed by atoms with Crippen molar-refractivity contribution in [2.45, 2.75) is 20.3 Å². The fraction of sp³-hybridized carbons (Fsp3) is 0.167. The number of nitrogens with zero attached hydrogens (tertiary/aromatic N) is 2. The molecule has 2 aromatic carbocycles. The molecular formula is C18H16FN3OS. The van der Waals surface area contributed by atoms with Gasteiger partial charge in [-0.2, -0.15) is 0 Å². The van der Waals surface area contributed by atoms with Crippen molar-refractivity contribution < 1.29 is 9.18 Å². The van der Waals surface area contributed by atoms with E-state index in [4.69, 9.17) is 0 Å². The van der Waals surface area contributed by atoms with Crippen LogP contribution in [0.25, 0.3) is 11.3 Å². The molecule has 4 nitrogen and oxygen atoms in total. The molecule has 6 heteroatoms. The van der Waals surface area contributed by atoms with Gasteiger partial charge in [0.25, 0.3) is 5.91 Å². The van der Waals surface area contributed by atoms with Gasteiger partial charge in [-0.1, -0.05) is 29.6 Å². The second kappa shape index (κ2) is 6.88. The number of para-hydroxylation sites is 1. The van der Waals surface area contributed by atoms with Gasteiger partial charge in [-0.25, -0.2) is 4.39 Å². The van der Waals surface area contributed by atoms with Crippen LogP contribution < -0.4 is 5.32 Å². The monoisotopic (exact) mass is 341 g/mol. The number of hydrogen-bond donors (Lipinski definition) is 1. The molecule has 3 rings (SSSR count). The number of rotatable bonds is 4. The van der Waals surface area contributed by atoms with Gasteiger partial charge >= 0.3 is 0 Å². The summed E-state index contributed by atoms with van der Waals surface area (Å²) in [6, 6.07) is 11.8. The van der Waals surface area contributed by atoms with Gasteiger partial charge in [0, 0.05) is 11.3 Å². The lowest BCUT2D eigenvalue weighted by molar-refractivity contribution is 0.103. The lowest BCUT2D eigenvalue weighted by Crippen LogP contribution is -2.14. The predicted octanol–water partition coefficient (Wildman–Crippen LogP) is 4.47. The Kier molecular flexibility index (Phi) is 4.66. The van der Waals surface area contributed by atoms with E-state index < -0.39 is 0 Å². The van der Waals surface area contributed by atoms with E-state index in [0.717, 1.165) is 34.8 Å². The van der Waals surface area contributed by atoms with Gasteiger partial charge in [0.2, 0.25) is 0 Å². The van der Waals surface area contributed by atoms with E-state index >= 15 is 0 Å². The summed E-state index contributed by atoms with van der Waals surface area (Å²) >= 11 is 1.03. The Labute approximate surface area is 143 Å². The fourth-order valence-corrected chi connectivity index (χ4v) is 3.09. The topological polar surface area (TPSA) is 54.9 Å². The molecule has 122 valence electrons. The molecule has 0 aliphatic carbocycles. The molecule has 24 heavy (non-hydrogen) atoms. The number of carbonyl (C=O) groups excluding carboxylic acids is 1. The number of aryl methyl sites for hydroxylation is 2. The van der Waals surface area contributed by atoms with Crippen molar-refractivity contribution in [3.63, 3.8) is 0 Å². The Morgan fingerprint density at radius 1 is 1.21 bits per heavy atom. The number of nitrogens with one attached hydrogen (secondary N) is 1. The summed E-state index contributed by atoms with van der Waals surface area (Å²) in [5, 5.41) is 7.00. The summed E-state index contributed by atoms with van der Waals surface area (Å²) in [5.41, 5.74) is 4.02. The summed E-state index contributed by atoms with van der Waals surface area (Å²) in [6.07, 6.45) is 0.822. The van der Waals surface area contributed by atoms with Gasteiger partial charge in [0.15, 0.2) is 0 Å². The van der Waals surface area contributed by atoms with Crippen molar-refractivity contribution in [3.8, 4) is 11.3 Å². The van der Waals surface area contributed by atoms with E-state index in [1.165, 1.54) is 12.1 Å². The molecular weight excluding hydrogens is 325 g/mol. The maximum absolute atomic E-state index is 13.1. The standard InChI is InChI=1S/C18H16FN3OS/c1-3-12-6-4-5-11(2)15(12)20-18(23)17-16(21-22-24-17)13-7-9-14(19)10-8-13/h4-10H,3H2,1-2H3,(H,20,23). The van der Waals surface area contributed by atoms with Crippen LogP contribution in [-0.4, -0.2) is 15.5 Å². The SMILES string of the molecule is CCc1cccc(C)c1NC(=O)c1snnc1-c1ccc(F)cc1. The van der Waals surface area contributed by atoms with Crippen LogP contribution in [0.1, 0.15) is 27.7 Å². The maximum Gasteiger partial charge on any atom is 0.269 e. The summed E-state index contributed by atoms with van der Waals surface area (Å²) in [6.45, 7) is 4.00. The van der Waals surface area contributed by atoms with Gasteiger partial charge in [-0.3, -0.25) is 4.79 Å². The first-order valence-electron chi connectivity index (χ1n) is 7.58. The van der Waals surface area contributed by atoms with Gasteiger partial charge in [0.1, 0.15) is 16.4 Å². The third-order valence-corrected chi connectivity index (χ3v) is 4.52. The molecule has 1 N–H and O–H groups in total. The predicted molar refractivity (Wildman–Crippen MR) is 93.8 cm³/mol. The summed E-state index contributed by atoms with van der Waals surface area (Å²) < 4.78 is 17.0. The summed E-state index contributed by atoms with van der Waals surface area (Å²) in [4.78, 5) is 13.1. The quantitative estimate of drug-likeness (QED) is 0.762. The largest absolute Gasteiger partial charge is 0.321 e. The smallest absolute Gasteiger partial charge is 0.269 e. The Hall–Kier alpha value is -2.60. The highest BCUT2D eigenvalue weighted by molar-refractivity contribution is 7.08. The number of carbonyl (C=O) groups is 1. The fourth-order valence-electron chi connectivity index (χ4n) is 2.51. The molecule has 0 aliphatic heterocycles. The molecule has 1 amide bonds. The van der Waals surface area contributed by atoms with Crippen LogP contribution in [0.2, 0.25) is 0 Å². The zero-order chi connectivity index (χ0) is 17.1. The van der Waals surface area contributed by atoms with Crippen LogP contribution in [0.3, 0.4) is 0 Å². The first kappa shape index (κ1) is 16.3. The average Bonchev–Trinajstić information content (AvgIpc) is 3.07. The second-order valence-electron chi connectivity index (χ2n) is 5.37. The van der Waals surface area contributed by atoms with E-state index in [2.05, 4.69) is 14.9 Å². The third kappa shape index (κ3) is 3.19. The summed E-state index contributed by atoms with van der Waals surface area (Å²) in [5.74, 6) is -0.589. The van der Waals surface area contributed by atoms with E-state index in [0.29, 0.717) is 16.1 Å². The lowest BCUT2D eigenvalue weighted by atomic mass is 10.1. The van der Waals surface area contributed by atoms with Crippen molar-refractivity contribution in [3.05, 3.63) is 64.3 Å². The van der Waals surface area contributed by atoms with E-state index in [-0.39, 0.29) is 11.7 Å². The molecule has 0 atom stereocenters. The van der Waals surface area contributed by atoms with E-state index in [1.807, 2.05) is 32.0 Å². The van der Waals surface area contributed by atoms with E-state index in [1.54, 1.807) is 12.1 Å². The van der Waals surface area contributed by atoms with Crippen molar-refractivity contribution in [2.24, 2.45) is 0 Å². The van der Waals surface area contributed by atoms with Gasteiger partial charge in [-0.15, -0.1) is 5.10 Å². The van der Waals surface area contributed by atoms with Crippen LogP contribution >= 0.6 is 11.5 Å². The number of anilines is 1. The Morgan fingerprint density at radius 3 is 2.67 bits per heavy atom. The first-order chi connectivity index (χ1) is 11.6. The average molecular weight is 341 g/mol. The minimum Gasteiger partial charge on any atom is -0.321 e. The first-order valence-corrected chi connectivity index (χ1v) is 8.35. The molecule has 0 radical (unpaired) electrons. The zero-order valence-electron chi connectivity index (χ0n) is 13.3. The van der Waals surface area contributed by atoms with Gasteiger partial charge in [-0.05, 0) is 60.3 Å². The van der Waals surface area contributed by atoms with Crippen LogP contribution in [0.15, 0.2) is 42.5 Å². The summed E-state index contributed by atoms with van der Waals surface area (Å²) in [7, 11) is 0. The van der Waals surface area contributed by atoms with Crippen molar-refractivity contribution in [2.75, 3.05) is 5.32 Å². The third-order valence-electron chi connectivity index (χ3n) is 3.79. The highest BCUT2D eigenvalue weighted by Crippen LogP contribution is 2.27. The van der Waals surface area contributed by atoms with Crippen molar-refractivity contribution in [1.82, 2.24) is 9.59 Å². The molecule has 0 unspecified atom stereocenters. The lowest BCUT2D eigenvalue weighted by Gasteiger charge is -2.12. The molecule has 3 aromatic rings. The van der Waals surface area contributed by atoms with Crippen molar-refractivity contribution >= 4 is 23.1 Å². The van der Waals surface area contributed by atoms with Crippen LogP contribution in [0.5, 0.6) is 0 Å². The number of amides is 1. The minimum absolute atomic E-state index is 0.256. The van der Waals surface area contributed by atoms with Crippen LogP contribution in [0.4, 0.5) is 10.1 Å².